The minimum absolute atomic E-state index is 0.189. The van der Waals surface area contributed by atoms with E-state index < -0.39 is 6.03 Å². The Hall–Kier alpha value is -2.92. The van der Waals surface area contributed by atoms with Crippen LogP contribution < -0.4 is 10.6 Å². The number of amides is 2. The van der Waals surface area contributed by atoms with Crippen LogP contribution >= 0.6 is 11.6 Å². The van der Waals surface area contributed by atoms with Crippen LogP contribution in [-0.4, -0.2) is 11.0 Å². The van der Waals surface area contributed by atoms with E-state index in [0.29, 0.717) is 22.1 Å². The Bertz CT molecular complexity index is 916. The van der Waals surface area contributed by atoms with Gasteiger partial charge in [-0.3, -0.25) is 4.90 Å². The van der Waals surface area contributed by atoms with Crippen LogP contribution in [0.4, 0.5) is 15.0 Å². The van der Waals surface area contributed by atoms with E-state index in [1.54, 1.807) is 36.4 Å². The fraction of sp³-hybridized carbons (Fsp3) is 0.0526. The third kappa shape index (κ3) is 3.95. The maximum Gasteiger partial charge on any atom is 0.320 e. The van der Waals surface area contributed by atoms with Crippen LogP contribution in [0.3, 0.4) is 0 Å². The Morgan fingerprint density at radius 2 is 1.84 bits per heavy atom. The van der Waals surface area contributed by atoms with Gasteiger partial charge in [0, 0.05) is 10.6 Å². The summed E-state index contributed by atoms with van der Waals surface area (Å²) in [5.41, 5.74) is 7.43. The largest absolute Gasteiger partial charge is 0.351 e. The first-order chi connectivity index (χ1) is 12.0. The van der Waals surface area contributed by atoms with E-state index >= 15 is 0 Å². The molecule has 0 aliphatic rings. The number of aromatic nitrogens is 1. The molecule has 4 nitrogen and oxygen atoms in total. The molecule has 2 N–H and O–H groups in total. The molecule has 0 radical (unpaired) electrons. The molecular weight excluding hydrogens is 341 g/mol. The molecule has 1 heterocycles. The van der Waals surface area contributed by atoms with Crippen molar-refractivity contribution in [3.8, 4) is 11.3 Å². The Labute approximate surface area is 149 Å². The zero-order valence-electron chi connectivity index (χ0n) is 13.2. The molecule has 0 aliphatic heterocycles. The number of anilines is 1. The molecule has 2 aromatic carbocycles. The molecule has 0 aliphatic carbocycles. The number of hydrogen-bond donors (Lipinski definition) is 1. The third-order valence-electron chi connectivity index (χ3n) is 3.68. The van der Waals surface area contributed by atoms with E-state index in [1.165, 1.54) is 17.0 Å². The fourth-order valence-electron chi connectivity index (χ4n) is 2.45. The van der Waals surface area contributed by atoms with Gasteiger partial charge in [0.2, 0.25) is 0 Å². The van der Waals surface area contributed by atoms with Crippen LogP contribution in [0.2, 0.25) is 5.02 Å². The number of benzene rings is 2. The van der Waals surface area contributed by atoms with Crippen LogP contribution in [0.25, 0.3) is 11.3 Å². The normalized spacial score (nSPS) is 10.5. The molecule has 0 bridgehead atoms. The van der Waals surface area contributed by atoms with Crippen molar-refractivity contribution in [2.75, 3.05) is 4.90 Å². The molecule has 25 heavy (non-hydrogen) atoms. The Balaban J connectivity index is 1.96. The molecule has 0 saturated carbocycles. The molecule has 0 saturated heterocycles. The summed E-state index contributed by atoms with van der Waals surface area (Å²) < 4.78 is 13.4. The molecule has 3 aromatic rings. The number of nitrogens with zero attached hydrogens (tertiary/aromatic N) is 2. The second kappa shape index (κ2) is 7.32. The van der Waals surface area contributed by atoms with Crippen LogP contribution in [0, 0.1) is 5.82 Å². The summed E-state index contributed by atoms with van der Waals surface area (Å²) in [6, 6.07) is 17.8. The van der Waals surface area contributed by atoms with Crippen molar-refractivity contribution < 1.29 is 9.18 Å². The highest BCUT2D eigenvalue weighted by Crippen LogP contribution is 2.24. The number of primary amides is 1. The average Bonchev–Trinajstić information content (AvgIpc) is 2.61. The zero-order valence-corrected chi connectivity index (χ0v) is 13.9. The van der Waals surface area contributed by atoms with Crippen LogP contribution in [0.5, 0.6) is 0 Å². The quantitative estimate of drug-likeness (QED) is 0.742. The number of pyridine rings is 1. The number of halogens is 2. The van der Waals surface area contributed by atoms with Gasteiger partial charge < -0.3 is 5.73 Å². The van der Waals surface area contributed by atoms with Crippen molar-refractivity contribution in [1.82, 2.24) is 4.98 Å². The summed E-state index contributed by atoms with van der Waals surface area (Å²) in [4.78, 5) is 17.7. The van der Waals surface area contributed by atoms with E-state index in [0.717, 1.165) is 5.56 Å². The first-order valence-corrected chi connectivity index (χ1v) is 7.96. The minimum Gasteiger partial charge on any atom is -0.351 e. The van der Waals surface area contributed by atoms with Crippen LogP contribution in [-0.2, 0) is 6.54 Å². The zero-order chi connectivity index (χ0) is 17.8. The van der Waals surface area contributed by atoms with Gasteiger partial charge in [-0.25, -0.2) is 14.2 Å². The number of carbonyl (C=O) groups is 1. The lowest BCUT2D eigenvalue weighted by Gasteiger charge is -2.20. The van der Waals surface area contributed by atoms with Crippen LogP contribution in [0.1, 0.15) is 5.56 Å². The summed E-state index contributed by atoms with van der Waals surface area (Å²) in [5.74, 6) is 0.0155. The highest BCUT2D eigenvalue weighted by Gasteiger charge is 2.16. The van der Waals surface area contributed by atoms with Gasteiger partial charge in [0.05, 0.1) is 12.2 Å². The second-order valence-corrected chi connectivity index (χ2v) is 5.81. The number of hydrogen-bond acceptors (Lipinski definition) is 2. The van der Waals surface area contributed by atoms with Gasteiger partial charge in [-0.15, -0.1) is 0 Å². The predicted molar refractivity (Wildman–Crippen MR) is 96.8 cm³/mol. The summed E-state index contributed by atoms with van der Waals surface area (Å²) in [6.45, 7) is 0.189. The first-order valence-electron chi connectivity index (χ1n) is 7.58. The van der Waals surface area contributed by atoms with Crippen molar-refractivity contribution in [3.63, 3.8) is 0 Å². The Kier molecular flexibility index (Phi) is 4.95. The third-order valence-corrected chi connectivity index (χ3v) is 4.05. The molecule has 3 rings (SSSR count). The first kappa shape index (κ1) is 16.9. The summed E-state index contributed by atoms with van der Waals surface area (Å²) in [7, 11) is 0. The highest BCUT2D eigenvalue weighted by atomic mass is 35.5. The Morgan fingerprint density at radius 1 is 1.08 bits per heavy atom. The smallest absolute Gasteiger partial charge is 0.320 e. The van der Waals surface area contributed by atoms with E-state index in [1.807, 2.05) is 18.2 Å². The number of urea groups is 1. The van der Waals surface area contributed by atoms with Gasteiger partial charge in [0.25, 0.3) is 0 Å². The molecule has 1 aromatic heterocycles. The molecule has 0 unspecified atom stereocenters. The molecule has 126 valence electrons. The van der Waals surface area contributed by atoms with Crippen molar-refractivity contribution in [3.05, 3.63) is 83.1 Å². The lowest BCUT2D eigenvalue weighted by Crippen LogP contribution is -2.35. The van der Waals surface area contributed by atoms with Gasteiger partial charge in [-0.05, 0) is 35.9 Å². The SMILES string of the molecule is NC(=O)N(Cc1ccccc1Cl)c1cccc(-c2cccc(F)c2)n1. The number of rotatable bonds is 4. The van der Waals surface area contributed by atoms with Crippen molar-refractivity contribution in [2.24, 2.45) is 5.73 Å². The fourth-order valence-corrected chi connectivity index (χ4v) is 2.65. The standard InChI is InChI=1S/C19H15ClFN3O/c20-16-8-2-1-5-14(16)12-24(19(22)25)18-10-4-9-17(23-18)13-6-3-7-15(21)11-13/h1-11H,12H2,(H2,22,25). The molecule has 0 atom stereocenters. The molecule has 0 fully saturated rings. The molecular formula is C19H15ClFN3O. The van der Waals surface area contributed by atoms with E-state index in [2.05, 4.69) is 4.98 Å². The van der Waals surface area contributed by atoms with Gasteiger partial charge in [-0.2, -0.15) is 0 Å². The van der Waals surface area contributed by atoms with Crippen molar-refractivity contribution in [1.29, 1.82) is 0 Å². The van der Waals surface area contributed by atoms with Gasteiger partial charge in [0.1, 0.15) is 11.6 Å². The van der Waals surface area contributed by atoms with Gasteiger partial charge in [-0.1, -0.05) is 48.0 Å². The monoisotopic (exact) mass is 355 g/mol. The topological polar surface area (TPSA) is 59.2 Å². The van der Waals surface area contributed by atoms with Crippen LogP contribution in [0.15, 0.2) is 66.7 Å². The average molecular weight is 356 g/mol. The number of carbonyl (C=O) groups excluding carboxylic acids is 1. The van der Waals surface area contributed by atoms with Gasteiger partial charge >= 0.3 is 6.03 Å². The maximum absolute atomic E-state index is 13.4. The maximum atomic E-state index is 13.4. The summed E-state index contributed by atoms with van der Waals surface area (Å²) in [5, 5.41) is 0.537. The second-order valence-electron chi connectivity index (χ2n) is 5.41. The minimum atomic E-state index is -0.649. The van der Waals surface area contributed by atoms with E-state index in [-0.39, 0.29) is 12.4 Å². The summed E-state index contributed by atoms with van der Waals surface area (Å²) in [6.07, 6.45) is 0. The van der Waals surface area contributed by atoms with E-state index in [9.17, 15) is 9.18 Å². The lowest BCUT2D eigenvalue weighted by molar-refractivity contribution is 0.253. The molecule has 0 spiro atoms. The highest BCUT2D eigenvalue weighted by molar-refractivity contribution is 6.31. The van der Waals surface area contributed by atoms with Crippen molar-refractivity contribution in [2.45, 2.75) is 6.54 Å². The van der Waals surface area contributed by atoms with E-state index in [4.69, 9.17) is 17.3 Å². The Morgan fingerprint density at radius 3 is 2.56 bits per heavy atom. The lowest BCUT2D eigenvalue weighted by atomic mass is 10.1. The predicted octanol–water partition coefficient (Wildman–Crippen LogP) is 4.63. The van der Waals surface area contributed by atoms with Crippen molar-refractivity contribution >= 4 is 23.4 Å². The molecule has 6 heteroatoms. The number of nitrogens with two attached hydrogens (primary N) is 1. The van der Waals surface area contributed by atoms with Gasteiger partial charge in [0.15, 0.2) is 0 Å². The summed E-state index contributed by atoms with van der Waals surface area (Å²) >= 11 is 6.16. The molecule has 2 amide bonds.